The number of halogens is 4. The summed E-state index contributed by atoms with van der Waals surface area (Å²) in [6, 6.07) is 0. The molecule has 17 heavy (non-hydrogen) atoms. The quantitative estimate of drug-likeness (QED) is 0.633. The molecule has 1 aromatic rings. The van der Waals surface area contributed by atoms with Crippen LogP contribution >= 0.6 is 15.9 Å². The SMILES string of the molecule is COc1c(C=O)cnc(CBr)c1OC(F)(F)F. The van der Waals surface area contributed by atoms with Crippen molar-refractivity contribution in [3.63, 3.8) is 0 Å². The Kier molecular flexibility index (Phi) is 4.33. The molecule has 1 rings (SSSR count). The predicted octanol–water partition coefficient (Wildman–Crippen LogP) is 2.70. The van der Waals surface area contributed by atoms with E-state index in [1.807, 2.05) is 0 Å². The average Bonchev–Trinajstić information content (AvgIpc) is 2.26. The predicted molar refractivity (Wildman–Crippen MR) is 55.5 cm³/mol. The van der Waals surface area contributed by atoms with Crippen molar-refractivity contribution in [1.29, 1.82) is 0 Å². The van der Waals surface area contributed by atoms with Gasteiger partial charge in [-0.15, -0.1) is 13.2 Å². The Hall–Kier alpha value is -1.31. The first kappa shape index (κ1) is 13.8. The number of alkyl halides is 4. The van der Waals surface area contributed by atoms with Crippen molar-refractivity contribution in [1.82, 2.24) is 4.98 Å². The fourth-order valence-electron chi connectivity index (χ4n) is 1.14. The van der Waals surface area contributed by atoms with E-state index in [4.69, 9.17) is 4.74 Å². The Labute approximate surface area is 103 Å². The van der Waals surface area contributed by atoms with Gasteiger partial charge in [-0.3, -0.25) is 9.78 Å². The number of hydrogen-bond donors (Lipinski definition) is 0. The van der Waals surface area contributed by atoms with Crippen LogP contribution in [0.3, 0.4) is 0 Å². The van der Waals surface area contributed by atoms with Crippen LogP contribution in [0.25, 0.3) is 0 Å². The minimum atomic E-state index is -4.88. The van der Waals surface area contributed by atoms with E-state index in [0.717, 1.165) is 13.3 Å². The average molecular weight is 314 g/mol. The molecule has 0 spiro atoms. The third kappa shape index (κ3) is 3.32. The monoisotopic (exact) mass is 313 g/mol. The summed E-state index contributed by atoms with van der Waals surface area (Å²) in [6.45, 7) is 0. The van der Waals surface area contributed by atoms with Crippen molar-refractivity contribution in [2.75, 3.05) is 7.11 Å². The lowest BCUT2D eigenvalue weighted by Crippen LogP contribution is -2.19. The van der Waals surface area contributed by atoms with E-state index >= 15 is 0 Å². The molecule has 1 aromatic heterocycles. The van der Waals surface area contributed by atoms with Crippen molar-refractivity contribution < 1.29 is 27.4 Å². The van der Waals surface area contributed by atoms with Crippen LogP contribution in [0.4, 0.5) is 13.2 Å². The van der Waals surface area contributed by atoms with Crippen molar-refractivity contribution in [3.05, 3.63) is 17.5 Å². The van der Waals surface area contributed by atoms with Crippen LogP contribution in [0.5, 0.6) is 11.5 Å². The first-order valence-corrected chi connectivity index (χ1v) is 5.37. The van der Waals surface area contributed by atoms with Crippen LogP contribution in [0.15, 0.2) is 6.20 Å². The van der Waals surface area contributed by atoms with Gasteiger partial charge in [0.2, 0.25) is 0 Å². The summed E-state index contributed by atoms with van der Waals surface area (Å²) >= 11 is 2.97. The summed E-state index contributed by atoms with van der Waals surface area (Å²) in [5.74, 6) is -0.900. The van der Waals surface area contributed by atoms with E-state index in [-0.39, 0.29) is 22.3 Å². The number of pyridine rings is 1. The van der Waals surface area contributed by atoms with E-state index in [0.29, 0.717) is 6.29 Å². The van der Waals surface area contributed by atoms with E-state index < -0.39 is 12.1 Å². The number of hydrogen-bond acceptors (Lipinski definition) is 4. The van der Waals surface area contributed by atoms with Gasteiger partial charge in [-0.05, 0) is 0 Å². The Morgan fingerprint density at radius 3 is 2.53 bits per heavy atom. The molecule has 0 fully saturated rings. The van der Waals surface area contributed by atoms with Gasteiger partial charge in [-0.2, -0.15) is 0 Å². The summed E-state index contributed by atoms with van der Waals surface area (Å²) in [5.41, 5.74) is -0.124. The fourth-order valence-corrected chi connectivity index (χ4v) is 1.54. The van der Waals surface area contributed by atoms with Crippen molar-refractivity contribution >= 4 is 22.2 Å². The van der Waals surface area contributed by atoms with Crippen LogP contribution in [0.1, 0.15) is 16.1 Å². The molecule has 0 radical (unpaired) electrons. The third-order valence-electron chi connectivity index (χ3n) is 1.77. The molecule has 0 saturated heterocycles. The highest BCUT2D eigenvalue weighted by Gasteiger charge is 2.34. The second-order valence-corrected chi connectivity index (χ2v) is 3.38. The number of carbonyl (C=O) groups is 1. The standard InChI is InChI=1S/C9H7BrF3NO3/c1-16-7-5(4-15)3-14-6(2-10)8(7)17-9(11,12)13/h3-4H,2H2,1H3. The van der Waals surface area contributed by atoms with Gasteiger partial charge in [0.05, 0.1) is 18.4 Å². The normalized spacial score (nSPS) is 11.1. The van der Waals surface area contributed by atoms with Gasteiger partial charge in [0.1, 0.15) is 0 Å². The van der Waals surface area contributed by atoms with E-state index in [1.54, 1.807) is 0 Å². The molecule has 0 aromatic carbocycles. The van der Waals surface area contributed by atoms with Gasteiger partial charge in [0.25, 0.3) is 0 Å². The molecule has 0 aliphatic heterocycles. The Bertz CT molecular complexity index is 423. The zero-order valence-electron chi connectivity index (χ0n) is 8.55. The highest BCUT2D eigenvalue weighted by Crippen LogP contribution is 2.37. The fraction of sp³-hybridized carbons (Fsp3) is 0.333. The molecule has 0 saturated carbocycles. The number of aldehydes is 1. The summed E-state index contributed by atoms with van der Waals surface area (Å²) < 4.78 is 45.2. The van der Waals surface area contributed by atoms with Crippen LogP contribution in [0.2, 0.25) is 0 Å². The summed E-state index contributed by atoms with van der Waals surface area (Å²) in [6.07, 6.45) is -3.42. The van der Waals surface area contributed by atoms with E-state index in [9.17, 15) is 18.0 Å². The Balaban J connectivity index is 3.34. The molecule has 0 unspecified atom stereocenters. The van der Waals surface area contributed by atoms with Crippen molar-refractivity contribution in [2.45, 2.75) is 11.7 Å². The van der Waals surface area contributed by atoms with E-state index in [1.165, 1.54) is 0 Å². The van der Waals surface area contributed by atoms with E-state index in [2.05, 4.69) is 25.7 Å². The van der Waals surface area contributed by atoms with Crippen molar-refractivity contribution in [2.24, 2.45) is 0 Å². The van der Waals surface area contributed by atoms with Crippen LogP contribution in [-0.2, 0) is 5.33 Å². The highest BCUT2D eigenvalue weighted by molar-refractivity contribution is 9.08. The maximum absolute atomic E-state index is 12.2. The molecule has 0 atom stereocenters. The number of carbonyl (C=O) groups excluding carboxylic acids is 1. The largest absolute Gasteiger partial charge is 0.573 e. The number of methoxy groups -OCH3 is 1. The molecule has 4 nitrogen and oxygen atoms in total. The molecule has 0 N–H and O–H groups in total. The number of nitrogens with zero attached hydrogens (tertiary/aromatic N) is 1. The first-order valence-electron chi connectivity index (χ1n) is 4.25. The lowest BCUT2D eigenvalue weighted by molar-refractivity contribution is -0.275. The van der Waals surface area contributed by atoms with Crippen LogP contribution in [0, 0.1) is 0 Å². The molecule has 0 amide bonds. The molecule has 94 valence electrons. The maximum Gasteiger partial charge on any atom is 0.573 e. The second kappa shape index (κ2) is 5.35. The molecule has 1 heterocycles. The molecule has 8 heteroatoms. The minimum Gasteiger partial charge on any atom is -0.492 e. The Morgan fingerprint density at radius 1 is 1.47 bits per heavy atom. The van der Waals surface area contributed by atoms with Crippen LogP contribution < -0.4 is 9.47 Å². The van der Waals surface area contributed by atoms with Gasteiger partial charge in [-0.25, -0.2) is 0 Å². The van der Waals surface area contributed by atoms with Gasteiger partial charge in [-0.1, -0.05) is 15.9 Å². The lowest BCUT2D eigenvalue weighted by atomic mass is 10.2. The first-order chi connectivity index (χ1) is 7.92. The molecule has 0 bridgehead atoms. The third-order valence-corrected chi connectivity index (χ3v) is 2.30. The number of rotatable bonds is 4. The van der Waals surface area contributed by atoms with Gasteiger partial charge < -0.3 is 9.47 Å². The second-order valence-electron chi connectivity index (χ2n) is 2.82. The molecular weight excluding hydrogens is 307 g/mol. The van der Waals surface area contributed by atoms with Crippen molar-refractivity contribution in [3.8, 4) is 11.5 Å². The smallest absolute Gasteiger partial charge is 0.492 e. The number of aromatic nitrogens is 1. The topological polar surface area (TPSA) is 48.4 Å². The molecular formula is C9H7BrF3NO3. The van der Waals surface area contributed by atoms with Gasteiger partial charge in [0, 0.05) is 11.5 Å². The molecule has 0 aliphatic carbocycles. The number of ether oxygens (including phenoxy) is 2. The minimum absolute atomic E-state index is 0.00947. The lowest BCUT2D eigenvalue weighted by Gasteiger charge is -2.15. The summed E-state index contributed by atoms with van der Waals surface area (Å²) in [5, 5.41) is 0.0356. The van der Waals surface area contributed by atoms with Gasteiger partial charge in [0.15, 0.2) is 17.8 Å². The molecule has 0 aliphatic rings. The zero-order chi connectivity index (χ0) is 13.1. The summed E-state index contributed by atoms with van der Waals surface area (Å²) in [4.78, 5) is 14.3. The summed E-state index contributed by atoms with van der Waals surface area (Å²) in [7, 11) is 1.14. The van der Waals surface area contributed by atoms with Crippen LogP contribution in [-0.4, -0.2) is 24.7 Å². The maximum atomic E-state index is 12.2. The van der Waals surface area contributed by atoms with Gasteiger partial charge >= 0.3 is 6.36 Å². The Morgan fingerprint density at radius 2 is 2.12 bits per heavy atom. The zero-order valence-corrected chi connectivity index (χ0v) is 10.1. The highest BCUT2D eigenvalue weighted by atomic mass is 79.9.